The second-order valence-corrected chi connectivity index (χ2v) is 24.8. The van der Waals surface area contributed by atoms with E-state index in [2.05, 4.69) is 142 Å². The summed E-state index contributed by atoms with van der Waals surface area (Å²) in [5.41, 5.74) is 12.2. The second-order valence-electron chi connectivity index (χ2n) is 24.8. The number of aromatic hydroxyl groups is 2. The Morgan fingerprint density at radius 1 is 0.385 bits per heavy atom. The summed E-state index contributed by atoms with van der Waals surface area (Å²) in [7, 11) is 3.34. The first-order valence-corrected chi connectivity index (χ1v) is 27.6. The summed E-state index contributed by atoms with van der Waals surface area (Å²) in [4.78, 5) is 9.06. The number of hydrogen-bond acceptors (Lipinski definition) is 10. The molecule has 416 valence electrons. The number of hydrogen-bond donors (Lipinski definition) is 2. The van der Waals surface area contributed by atoms with E-state index in [1.807, 2.05) is 61.0 Å². The Morgan fingerprint density at radius 2 is 0.654 bits per heavy atom. The lowest BCUT2D eigenvalue weighted by Crippen LogP contribution is -2.18. The molecule has 0 fully saturated rings. The third-order valence-electron chi connectivity index (χ3n) is 14.3. The number of methoxy groups -OCH3 is 2. The minimum Gasteiger partial charge on any atom is -0.507 e. The zero-order valence-electron chi connectivity index (χ0n) is 49.1. The van der Waals surface area contributed by atoms with Gasteiger partial charge in [0.05, 0.1) is 26.3 Å². The Morgan fingerprint density at radius 3 is 0.936 bits per heavy atom. The summed E-state index contributed by atoms with van der Waals surface area (Å²) < 4.78 is 37.2. The van der Waals surface area contributed by atoms with Gasteiger partial charge in [0.15, 0.2) is 0 Å². The number of para-hydroxylation sites is 2. The zero-order valence-corrected chi connectivity index (χ0v) is 49.1. The number of phenols is 2. The molecule has 0 saturated carbocycles. The van der Waals surface area contributed by atoms with Crippen molar-refractivity contribution >= 4 is 12.4 Å². The Hall–Kier alpha value is -6.62. The Bertz CT molecular complexity index is 2770. The first-order valence-electron chi connectivity index (χ1n) is 27.6. The standard InChI is InChI=1S/C68H86N2O8/c1-65(2,3)55-35-47-31-51-39-57(67(7,8)9)41-53(63(51)77-29-27-75-59-21-17-15-19-45(59)43-69-23-25-73-13)33-49-37-56(66(4,5)6)38-50(62(49)72)34-54-42-58(68(10,11)12)40-52(32-48(36-55)61(47)71)64(54)78-30-28-76-60-22-18-16-20-46(60)44-70-24-26-74-14/h15-22,35-44,71-72H,23-34H2,1-14H3. The van der Waals surface area contributed by atoms with Crippen molar-refractivity contribution < 1.29 is 38.6 Å². The van der Waals surface area contributed by atoms with Gasteiger partial charge in [0.2, 0.25) is 0 Å². The van der Waals surface area contributed by atoms with E-state index < -0.39 is 0 Å². The highest BCUT2D eigenvalue weighted by molar-refractivity contribution is 5.84. The molecule has 0 spiro atoms. The summed E-state index contributed by atoms with van der Waals surface area (Å²) >= 11 is 0. The molecule has 1 aliphatic rings. The van der Waals surface area contributed by atoms with Gasteiger partial charge < -0.3 is 38.6 Å². The number of phenolic OH excluding ortho intramolecular Hbond substituents is 2. The molecule has 0 aliphatic heterocycles. The van der Waals surface area contributed by atoms with Crippen molar-refractivity contribution in [3.8, 4) is 34.5 Å². The van der Waals surface area contributed by atoms with E-state index in [0.29, 0.717) is 63.5 Å². The van der Waals surface area contributed by atoms with Gasteiger partial charge >= 0.3 is 0 Å². The van der Waals surface area contributed by atoms with Crippen molar-refractivity contribution in [2.75, 3.05) is 67.0 Å². The van der Waals surface area contributed by atoms with E-state index >= 15 is 0 Å². The van der Waals surface area contributed by atoms with Gasteiger partial charge in [-0.2, -0.15) is 0 Å². The van der Waals surface area contributed by atoms with Gasteiger partial charge in [-0.15, -0.1) is 0 Å². The summed E-state index contributed by atoms with van der Waals surface area (Å²) in [6.07, 6.45) is 5.21. The van der Waals surface area contributed by atoms with Crippen LogP contribution in [0.25, 0.3) is 0 Å². The number of nitrogens with zero attached hydrogens (tertiary/aromatic N) is 2. The Kier molecular flexibility index (Phi) is 19.3. The third-order valence-corrected chi connectivity index (χ3v) is 14.3. The fraction of sp³-hybridized carbons (Fsp3) is 0.441. The van der Waals surface area contributed by atoms with Crippen LogP contribution >= 0.6 is 0 Å². The van der Waals surface area contributed by atoms with Crippen LogP contribution in [0.2, 0.25) is 0 Å². The average molecular weight is 1060 g/mol. The smallest absolute Gasteiger partial charge is 0.128 e. The predicted octanol–water partition coefficient (Wildman–Crippen LogP) is 14.0. The van der Waals surface area contributed by atoms with Crippen molar-refractivity contribution in [2.45, 2.75) is 130 Å². The van der Waals surface area contributed by atoms with Crippen LogP contribution in [0, 0.1) is 0 Å². The average Bonchev–Trinajstić information content (AvgIpc) is 3.43. The maximum atomic E-state index is 12.8. The van der Waals surface area contributed by atoms with Gasteiger partial charge in [0, 0.05) is 63.5 Å². The number of rotatable bonds is 18. The molecule has 0 unspecified atom stereocenters. The largest absolute Gasteiger partial charge is 0.507 e. The van der Waals surface area contributed by atoms with Gasteiger partial charge in [0.1, 0.15) is 60.9 Å². The van der Waals surface area contributed by atoms with Gasteiger partial charge in [-0.25, -0.2) is 0 Å². The molecule has 1 aliphatic carbocycles. The molecule has 6 aromatic rings. The molecule has 10 nitrogen and oxygen atoms in total. The molecule has 0 aromatic heterocycles. The molecule has 0 saturated heterocycles. The highest BCUT2D eigenvalue weighted by Gasteiger charge is 2.29. The van der Waals surface area contributed by atoms with Gasteiger partial charge in [0.25, 0.3) is 0 Å². The van der Waals surface area contributed by atoms with E-state index in [9.17, 15) is 10.2 Å². The Labute approximate surface area is 465 Å². The van der Waals surface area contributed by atoms with Crippen molar-refractivity contribution in [1.82, 2.24) is 0 Å². The van der Waals surface area contributed by atoms with E-state index in [4.69, 9.17) is 28.4 Å². The number of ether oxygens (including phenoxy) is 6. The SMILES string of the molecule is COCCN=Cc1ccccc1OCCOc1c2cc(C(C)(C)C)cc1Cc1cc(C(C)(C)C)cc(c1O)Cc1cc(C(C)(C)C)cc(c1OCCOc1ccccc1C=NCCOC)Cc1cc(C(C)(C)C)cc(c1O)C2. The zero-order chi connectivity index (χ0) is 56.4. The van der Waals surface area contributed by atoms with E-state index in [-0.39, 0.29) is 59.6 Å². The molecule has 78 heavy (non-hydrogen) atoms. The highest BCUT2D eigenvalue weighted by atomic mass is 16.5. The minimum absolute atomic E-state index is 0.238. The molecular formula is C68H86N2O8. The molecule has 0 atom stereocenters. The van der Waals surface area contributed by atoms with Crippen LogP contribution in [0.15, 0.2) is 107 Å². The van der Waals surface area contributed by atoms with Crippen molar-refractivity contribution in [2.24, 2.45) is 9.98 Å². The van der Waals surface area contributed by atoms with Crippen molar-refractivity contribution in [3.05, 3.63) is 175 Å². The molecule has 6 aromatic carbocycles. The second kappa shape index (κ2) is 25.4. The molecular weight excluding hydrogens is 973 g/mol. The first kappa shape index (κ1) is 59.0. The van der Waals surface area contributed by atoms with Crippen LogP contribution in [0.4, 0.5) is 0 Å². The van der Waals surface area contributed by atoms with Gasteiger partial charge in [-0.05, 0) is 113 Å². The fourth-order valence-corrected chi connectivity index (χ4v) is 9.66. The van der Waals surface area contributed by atoms with Crippen LogP contribution in [-0.4, -0.2) is 89.6 Å². The number of aliphatic imine (C=N–C) groups is 2. The van der Waals surface area contributed by atoms with E-state index in [1.54, 1.807) is 14.2 Å². The lowest BCUT2D eigenvalue weighted by molar-refractivity contribution is 0.208. The van der Waals surface area contributed by atoms with Crippen molar-refractivity contribution in [3.63, 3.8) is 0 Å². The van der Waals surface area contributed by atoms with Gasteiger partial charge in [-0.1, -0.05) is 156 Å². The summed E-state index contributed by atoms with van der Waals surface area (Å²) in [5, 5.41) is 25.6. The lowest BCUT2D eigenvalue weighted by Gasteiger charge is -2.28. The third kappa shape index (κ3) is 15.3. The summed E-state index contributed by atoms with van der Waals surface area (Å²) in [6.45, 7) is 29.9. The van der Waals surface area contributed by atoms with Crippen LogP contribution in [0.1, 0.15) is 161 Å². The lowest BCUT2D eigenvalue weighted by atomic mass is 9.79. The van der Waals surface area contributed by atoms with Crippen LogP contribution in [-0.2, 0) is 56.8 Å². The monoisotopic (exact) mass is 1060 g/mol. The van der Waals surface area contributed by atoms with Crippen LogP contribution in [0.5, 0.6) is 34.5 Å². The first-order chi connectivity index (χ1) is 36.9. The molecule has 2 N–H and O–H groups in total. The number of benzene rings is 6. The summed E-state index contributed by atoms with van der Waals surface area (Å²) in [6, 6.07) is 33.4. The molecule has 0 heterocycles. The van der Waals surface area contributed by atoms with Crippen LogP contribution in [0.3, 0.4) is 0 Å². The Balaban J connectivity index is 1.39. The normalized spacial score (nSPS) is 13.3. The van der Waals surface area contributed by atoms with Gasteiger partial charge in [-0.3, -0.25) is 9.98 Å². The molecule has 8 bridgehead atoms. The minimum atomic E-state index is -0.247. The van der Waals surface area contributed by atoms with E-state index in [1.165, 1.54) is 0 Å². The molecule has 10 heteroatoms. The maximum Gasteiger partial charge on any atom is 0.128 e. The number of fused-ring (bicyclic) bond motifs is 8. The maximum absolute atomic E-state index is 12.8. The topological polar surface area (TPSA) is 121 Å². The van der Waals surface area contributed by atoms with Crippen molar-refractivity contribution in [1.29, 1.82) is 0 Å². The molecule has 0 amide bonds. The molecule has 0 radical (unpaired) electrons. The fourth-order valence-electron chi connectivity index (χ4n) is 9.66. The summed E-state index contributed by atoms with van der Waals surface area (Å²) in [5.74, 6) is 3.35. The molecule has 7 rings (SSSR count). The van der Waals surface area contributed by atoms with Crippen LogP contribution < -0.4 is 18.9 Å². The predicted molar refractivity (Wildman–Crippen MR) is 319 cm³/mol. The van der Waals surface area contributed by atoms with E-state index in [0.717, 1.165) is 89.4 Å². The quantitative estimate of drug-likeness (QED) is 0.0644. The highest BCUT2D eigenvalue weighted by Crippen LogP contribution is 2.44.